The summed E-state index contributed by atoms with van der Waals surface area (Å²) in [6.07, 6.45) is 1.88. The third-order valence-electron chi connectivity index (χ3n) is 2.59. The molecule has 0 aliphatic rings. The largest absolute Gasteiger partial charge is 0.542 e. The zero-order chi connectivity index (χ0) is 11.3. The number of rotatable bonds is 5. The van der Waals surface area contributed by atoms with Gasteiger partial charge in [-0.05, 0) is 36.2 Å². The molecule has 0 saturated heterocycles. The van der Waals surface area contributed by atoms with Crippen LogP contribution in [0.1, 0.15) is 25.0 Å². The van der Waals surface area contributed by atoms with Gasteiger partial charge in [0.15, 0.2) is 0 Å². The standard InChI is InChI=1S/C13H19OSi/c1-5-12-9-8-10-13(11(12)4)14-15(6-2)7-3/h5,8-10H,1,6-7H2,2-4H3. The maximum Gasteiger partial charge on any atom is 0.280 e. The molecule has 0 fully saturated rings. The fraction of sp³-hybridized carbons (Fsp3) is 0.385. The lowest BCUT2D eigenvalue weighted by molar-refractivity contribution is 0.561. The van der Waals surface area contributed by atoms with Crippen molar-refractivity contribution in [1.29, 1.82) is 0 Å². The topological polar surface area (TPSA) is 9.23 Å². The Labute approximate surface area is 94.5 Å². The second-order valence-electron chi connectivity index (χ2n) is 3.52. The summed E-state index contributed by atoms with van der Waals surface area (Å²) in [6.45, 7) is 10.3. The molecule has 0 heterocycles. The highest BCUT2D eigenvalue weighted by Gasteiger charge is 2.11. The lowest BCUT2D eigenvalue weighted by Crippen LogP contribution is -2.19. The normalized spacial score (nSPS) is 10.4. The Balaban J connectivity index is 2.89. The van der Waals surface area contributed by atoms with Gasteiger partial charge in [-0.3, -0.25) is 0 Å². The van der Waals surface area contributed by atoms with Gasteiger partial charge in [0.25, 0.3) is 9.04 Å². The minimum absolute atomic E-state index is 0.657. The van der Waals surface area contributed by atoms with Crippen molar-refractivity contribution in [2.24, 2.45) is 0 Å². The van der Waals surface area contributed by atoms with E-state index in [4.69, 9.17) is 4.43 Å². The number of hydrogen-bond acceptors (Lipinski definition) is 1. The summed E-state index contributed by atoms with van der Waals surface area (Å²) < 4.78 is 6.04. The van der Waals surface area contributed by atoms with Gasteiger partial charge in [-0.25, -0.2) is 0 Å². The Morgan fingerprint density at radius 3 is 2.53 bits per heavy atom. The van der Waals surface area contributed by atoms with E-state index in [-0.39, 0.29) is 0 Å². The summed E-state index contributed by atoms with van der Waals surface area (Å²) in [5.74, 6) is 1.03. The summed E-state index contributed by atoms with van der Waals surface area (Å²) >= 11 is 0. The highest BCUT2D eigenvalue weighted by Crippen LogP contribution is 2.23. The fourth-order valence-corrected chi connectivity index (χ4v) is 2.83. The Morgan fingerprint density at radius 2 is 2.00 bits per heavy atom. The molecule has 0 spiro atoms. The molecule has 0 bridgehead atoms. The Kier molecular flexibility index (Phi) is 4.63. The van der Waals surface area contributed by atoms with Gasteiger partial charge in [-0.2, -0.15) is 0 Å². The van der Waals surface area contributed by atoms with Crippen LogP contribution in [0.15, 0.2) is 24.8 Å². The van der Waals surface area contributed by atoms with Crippen LogP contribution < -0.4 is 4.43 Å². The van der Waals surface area contributed by atoms with Gasteiger partial charge in [0.05, 0.1) is 0 Å². The van der Waals surface area contributed by atoms with E-state index in [0.29, 0.717) is 0 Å². The van der Waals surface area contributed by atoms with Crippen molar-refractivity contribution in [2.45, 2.75) is 32.9 Å². The van der Waals surface area contributed by atoms with Crippen LogP contribution in [0.4, 0.5) is 0 Å². The third-order valence-corrected chi connectivity index (χ3v) is 4.67. The second kappa shape index (κ2) is 5.76. The first kappa shape index (κ1) is 12.0. The molecule has 1 aromatic carbocycles. The van der Waals surface area contributed by atoms with Crippen molar-refractivity contribution in [3.05, 3.63) is 35.9 Å². The third kappa shape index (κ3) is 2.96. The second-order valence-corrected chi connectivity index (χ2v) is 6.22. The maximum atomic E-state index is 6.04. The molecule has 81 valence electrons. The fourth-order valence-electron chi connectivity index (χ4n) is 1.51. The highest BCUT2D eigenvalue weighted by atomic mass is 28.3. The van der Waals surface area contributed by atoms with Crippen LogP contribution in [-0.2, 0) is 0 Å². The van der Waals surface area contributed by atoms with E-state index in [2.05, 4.69) is 39.5 Å². The molecular weight excluding hydrogens is 200 g/mol. The van der Waals surface area contributed by atoms with Crippen molar-refractivity contribution < 1.29 is 4.43 Å². The van der Waals surface area contributed by atoms with E-state index in [0.717, 1.165) is 17.8 Å². The Bertz CT molecular complexity index is 329. The Morgan fingerprint density at radius 1 is 1.33 bits per heavy atom. The minimum Gasteiger partial charge on any atom is -0.542 e. The molecule has 0 atom stereocenters. The zero-order valence-corrected chi connectivity index (χ0v) is 10.8. The molecule has 1 aromatic rings. The first-order chi connectivity index (χ1) is 7.22. The summed E-state index contributed by atoms with van der Waals surface area (Å²) in [4.78, 5) is 0. The van der Waals surface area contributed by atoms with Crippen molar-refractivity contribution >= 4 is 15.1 Å². The van der Waals surface area contributed by atoms with Crippen LogP contribution in [0.5, 0.6) is 5.75 Å². The van der Waals surface area contributed by atoms with Crippen molar-refractivity contribution in [1.82, 2.24) is 0 Å². The summed E-state index contributed by atoms with van der Waals surface area (Å²) in [5, 5.41) is 0. The number of hydrogen-bond donors (Lipinski definition) is 0. The summed E-state index contributed by atoms with van der Waals surface area (Å²) in [7, 11) is -0.657. The van der Waals surface area contributed by atoms with E-state index in [1.54, 1.807) is 0 Å². The molecule has 0 aliphatic carbocycles. The average molecular weight is 219 g/mol. The van der Waals surface area contributed by atoms with Crippen LogP contribution in [0.2, 0.25) is 12.1 Å². The smallest absolute Gasteiger partial charge is 0.280 e. The molecule has 0 aromatic heterocycles. The predicted octanol–water partition coefficient (Wildman–Crippen LogP) is 4.05. The van der Waals surface area contributed by atoms with Gasteiger partial charge in [0, 0.05) is 0 Å². The van der Waals surface area contributed by atoms with Crippen molar-refractivity contribution in [3.63, 3.8) is 0 Å². The molecule has 2 heteroatoms. The van der Waals surface area contributed by atoms with E-state index >= 15 is 0 Å². The molecule has 1 nitrogen and oxygen atoms in total. The van der Waals surface area contributed by atoms with E-state index in [1.165, 1.54) is 11.1 Å². The molecule has 1 rings (SSSR count). The molecule has 0 N–H and O–H groups in total. The Hall–Kier alpha value is -1.02. The summed E-state index contributed by atoms with van der Waals surface area (Å²) in [5.41, 5.74) is 2.37. The van der Waals surface area contributed by atoms with Crippen LogP contribution in [0.3, 0.4) is 0 Å². The number of benzene rings is 1. The first-order valence-corrected chi connectivity index (χ1v) is 7.29. The van der Waals surface area contributed by atoms with Crippen LogP contribution >= 0.6 is 0 Å². The van der Waals surface area contributed by atoms with Crippen molar-refractivity contribution in [3.8, 4) is 5.75 Å². The molecule has 15 heavy (non-hydrogen) atoms. The lowest BCUT2D eigenvalue weighted by atomic mass is 10.1. The summed E-state index contributed by atoms with van der Waals surface area (Å²) in [6, 6.07) is 8.46. The van der Waals surface area contributed by atoms with Crippen LogP contribution in [0.25, 0.3) is 6.08 Å². The van der Waals surface area contributed by atoms with Gasteiger partial charge in [0.1, 0.15) is 5.75 Å². The quantitative estimate of drug-likeness (QED) is 0.679. The van der Waals surface area contributed by atoms with Gasteiger partial charge >= 0.3 is 0 Å². The molecule has 0 aliphatic heterocycles. The maximum absolute atomic E-state index is 6.04. The molecule has 0 unspecified atom stereocenters. The zero-order valence-electron chi connectivity index (χ0n) is 9.84. The van der Waals surface area contributed by atoms with E-state index < -0.39 is 9.04 Å². The van der Waals surface area contributed by atoms with Gasteiger partial charge in [-0.15, -0.1) is 0 Å². The minimum atomic E-state index is -0.657. The SMILES string of the molecule is C=Cc1cccc(O[Si](CC)CC)c1C. The van der Waals surface area contributed by atoms with E-state index in [1.807, 2.05) is 12.1 Å². The van der Waals surface area contributed by atoms with Crippen LogP contribution in [0, 0.1) is 6.92 Å². The molecule has 1 radical (unpaired) electrons. The highest BCUT2D eigenvalue weighted by molar-refractivity contribution is 6.52. The van der Waals surface area contributed by atoms with Crippen molar-refractivity contribution in [2.75, 3.05) is 0 Å². The lowest BCUT2D eigenvalue weighted by Gasteiger charge is -2.16. The molecule has 0 saturated carbocycles. The van der Waals surface area contributed by atoms with E-state index in [9.17, 15) is 0 Å². The van der Waals surface area contributed by atoms with Gasteiger partial charge < -0.3 is 4.43 Å². The van der Waals surface area contributed by atoms with Gasteiger partial charge in [0.2, 0.25) is 0 Å². The van der Waals surface area contributed by atoms with Crippen LogP contribution in [-0.4, -0.2) is 9.04 Å². The van der Waals surface area contributed by atoms with Gasteiger partial charge in [-0.1, -0.05) is 38.6 Å². The average Bonchev–Trinajstić information content (AvgIpc) is 2.28. The first-order valence-electron chi connectivity index (χ1n) is 5.47. The predicted molar refractivity (Wildman–Crippen MR) is 68.6 cm³/mol. The molecule has 0 amide bonds. The molecular formula is C13H19OSi. The monoisotopic (exact) mass is 219 g/mol.